The van der Waals surface area contributed by atoms with Crippen LogP contribution in [0.1, 0.15) is 110 Å². The Balaban J connectivity index is 0. The van der Waals surface area contributed by atoms with Crippen molar-refractivity contribution in [3.8, 4) is 0 Å². The van der Waals surface area contributed by atoms with Crippen molar-refractivity contribution in [1.82, 2.24) is 0 Å². The third-order valence-electron chi connectivity index (χ3n) is 4.75. The smallest absolute Gasteiger partial charge is 0.748 e. The third-order valence-corrected chi connectivity index (χ3v) is 6.04. The first-order valence-electron chi connectivity index (χ1n) is 10.1. The average molecular weight is 387 g/mol. The van der Waals surface area contributed by atoms with Gasteiger partial charge in [0.2, 0.25) is 0 Å². The molecule has 0 rings (SSSR count). The van der Waals surface area contributed by atoms with Crippen LogP contribution in [0.4, 0.5) is 0 Å². The average Bonchev–Trinajstić information content (AvgIpc) is 2.52. The summed E-state index contributed by atoms with van der Waals surface area (Å²) >= 11 is 0. The summed E-state index contributed by atoms with van der Waals surface area (Å²) in [5.41, 5.74) is 0. The van der Waals surface area contributed by atoms with Gasteiger partial charge < -0.3 is 9.66 Å². The first kappa shape index (κ1) is 28.1. The van der Waals surface area contributed by atoms with E-state index in [1.54, 1.807) is 0 Å². The molecule has 25 heavy (non-hydrogen) atoms. The summed E-state index contributed by atoms with van der Waals surface area (Å²) in [5.74, 6) is 0. The predicted octanol–water partition coefficient (Wildman–Crippen LogP) is 2.16. The molecule has 2 unspecified atom stereocenters. The first-order chi connectivity index (χ1) is 11.4. The topological polar surface area (TPSA) is 77.4 Å². The number of hydrogen-bond donors (Lipinski definition) is 1. The van der Waals surface area contributed by atoms with Crippen molar-refractivity contribution in [2.24, 2.45) is 0 Å². The summed E-state index contributed by atoms with van der Waals surface area (Å²) in [6, 6.07) is 0. The van der Waals surface area contributed by atoms with Gasteiger partial charge in [-0.15, -0.1) is 0 Å². The Kier molecular flexibility index (Phi) is 20.5. The molecule has 1 N–H and O–H groups in total. The van der Waals surface area contributed by atoms with Crippen molar-refractivity contribution in [3.05, 3.63) is 0 Å². The summed E-state index contributed by atoms with van der Waals surface area (Å²) in [4.78, 5) is 0. The summed E-state index contributed by atoms with van der Waals surface area (Å²) in [6.45, 7) is 4.32. The van der Waals surface area contributed by atoms with Gasteiger partial charge in [0.25, 0.3) is 0 Å². The van der Waals surface area contributed by atoms with E-state index in [1.165, 1.54) is 32.1 Å². The van der Waals surface area contributed by atoms with Crippen molar-refractivity contribution in [1.29, 1.82) is 0 Å². The molecule has 6 heteroatoms. The predicted molar refractivity (Wildman–Crippen MR) is 100 cm³/mol. The first-order valence-corrected chi connectivity index (χ1v) is 11.5. The maximum atomic E-state index is 11.4. The molecule has 2 atom stereocenters. The van der Waals surface area contributed by atoms with Crippen molar-refractivity contribution >= 4 is 10.1 Å². The number of unbranched alkanes of at least 4 members (excludes halogenated alkanes) is 11. The van der Waals surface area contributed by atoms with Crippen LogP contribution >= 0.6 is 0 Å². The summed E-state index contributed by atoms with van der Waals surface area (Å²) < 4.78 is 34.2. The number of aliphatic hydroxyl groups is 1. The van der Waals surface area contributed by atoms with Crippen LogP contribution in [0.3, 0.4) is 0 Å². The van der Waals surface area contributed by atoms with Gasteiger partial charge in [0.1, 0.15) is 10.1 Å². The molecule has 0 fully saturated rings. The fourth-order valence-corrected chi connectivity index (χ4v) is 4.13. The Morgan fingerprint density at radius 2 is 1.08 bits per heavy atom. The largest absolute Gasteiger partial charge is 1.00 e. The molecule has 0 amide bonds. The summed E-state index contributed by atoms with van der Waals surface area (Å²) in [6.07, 6.45) is 13.9. The molecular formula is C19H39NaO4S. The van der Waals surface area contributed by atoms with E-state index in [0.717, 1.165) is 44.9 Å². The van der Waals surface area contributed by atoms with Crippen LogP contribution in [0.2, 0.25) is 0 Å². The minimum Gasteiger partial charge on any atom is -0.748 e. The molecule has 0 aliphatic heterocycles. The van der Waals surface area contributed by atoms with Gasteiger partial charge in [-0.25, -0.2) is 8.42 Å². The Labute approximate surface area is 178 Å². The van der Waals surface area contributed by atoms with Gasteiger partial charge in [0.05, 0.1) is 11.4 Å². The minimum atomic E-state index is -4.41. The van der Waals surface area contributed by atoms with E-state index < -0.39 is 21.5 Å². The van der Waals surface area contributed by atoms with E-state index >= 15 is 0 Å². The van der Waals surface area contributed by atoms with Crippen LogP contribution in [0.15, 0.2) is 0 Å². The number of rotatable bonds is 17. The second-order valence-corrected chi connectivity index (χ2v) is 8.66. The molecule has 0 bridgehead atoms. The third kappa shape index (κ3) is 16.7. The van der Waals surface area contributed by atoms with E-state index in [2.05, 4.69) is 13.8 Å². The second kappa shape index (κ2) is 18.2. The van der Waals surface area contributed by atoms with E-state index in [-0.39, 0.29) is 29.6 Å². The zero-order chi connectivity index (χ0) is 18.3. The van der Waals surface area contributed by atoms with Crippen LogP contribution in [0.25, 0.3) is 0 Å². The normalized spacial score (nSPS) is 14.1. The molecule has 4 nitrogen and oxygen atoms in total. The van der Waals surface area contributed by atoms with Gasteiger partial charge in [-0.05, 0) is 12.8 Å². The van der Waals surface area contributed by atoms with Gasteiger partial charge in [-0.2, -0.15) is 0 Å². The SMILES string of the molecule is CCCCCCCCCCC(O)C(CCCCCCC)S(=O)(=O)[O-].[Na+]. The Morgan fingerprint density at radius 3 is 1.48 bits per heavy atom. The summed E-state index contributed by atoms with van der Waals surface area (Å²) in [7, 11) is -4.41. The van der Waals surface area contributed by atoms with E-state index in [0.29, 0.717) is 19.3 Å². The van der Waals surface area contributed by atoms with Crippen molar-refractivity contribution in [3.63, 3.8) is 0 Å². The Bertz CT molecular complexity index is 374. The molecule has 0 saturated carbocycles. The van der Waals surface area contributed by atoms with E-state index in [4.69, 9.17) is 0 Å². The quantitative estimate of drug-likeness (QED) is 0.236. The van der Waals surface area contributed by atoms with E-state index in [9.17, 15) is 18.1 Å². The number of aliphatic hydroxyl groups excluding tert-OH is 1. The molecule has 0 heterocycles. The maximum absolute atomic E-state index is 11.4. The number of hydrogen-bond acceptors (Lipinski definition) is 4. The maximum Gasteiger partial charge on any atom is 1.00 e. The zero-order valence-electron chi connectivity index (χ0n) is 16.8. The van der Waals surface area contributed by atoms with Gasteiger partial charge in [0, 0.05) is 0 Å². The van der Waals surface area contributed by atoms with Gasteiger partial charge in [-0.1, -0.05) is 97.3 Å². The molecule has 0 aromatic rings. The molecular weight excluding hydrogens is 347 g/mol. The van der Waals surface area contributed by atoms with Crippen molar-refractivity contribution in [2.45, 2.75) is 122 Å². The second-order valence-electron chi connectivity index (χ2n) is 7.07. The van der Waals surface area contributed by atoms with Crippen LogP contribution in [-0.2, 0) is 10.1 Å². The van der Waals surface area contributed by atoms with Crippen LogP contribution in [0.5, 0.6) is 0 Å². The van der Waals surface area contributed by atoms with Crippen LogP contribution in [-0.4, -0.2) is 29.4 Å². The van der Waals surface area contributed by atoms with Gasteiger partial charge in [-0.3, -0.25) is 0 Å². The van der Waals surface area contributed by atoms with Gasteiger partial charge in [0.15, 0.2) is 0 Å². The van der Waals surface area contributed by atoms with Crippen LogP contribution < -0.4 is 29.6 Å². The minimum absolute atomic E-state index is 0. The molecule has 0 aliphatic carbocycles. The molecule has 146 valence electrons. The molecule has 0 radical (unpaired) electrons. The standard InChI is InChI=1S/C19H40O4S.Na/c1-3-5-7-9-10-11-13-14-16-18(20)19(24(21,22)23)17-15-12-8-6-4-2;/h18-20H,3-17H2,1-2H3,(H,21,22,23);/q;+1/p-1. The van der Waals surface area contributed by atoms with E-state index in [1.807, 2.05) is 0 Å². The van der Waals surface area contributed by atoms with Crippen LogP contribution in [0, 0.1) is 0 Å². The monoisotopic (exact) mass is 386 g/mol. The molecule has 0 aromatic carbocycles. The van der Waals surface area contributed by atoms with Gasteiger partial charge >= 0.3 is 29.6 Å². The molecule has 0 spiro atoms. The summed E-state index contributed by atoms with van der Waals surface area (Å²) in [5, 5.41) is 9.02. The zero-order valence-corrected chi connectivity index (χ0v) is 19.7. The Morgan fingerprint density at radius 1 is 0.720 bits per heavy atom. The van der Waals surface area contributed by atoms with Crippen molar-refractivity contribution < 1.29 is 47.6 Å². The fraction of sp³-hybridized carbons (Fsp3) is 1.00. The Hall–Kier alpha value is 0.870. The molecule has 0 aliphatic rings. The molecule has 0 saturated heterocycles. The van der Waals surface area contributed by atoms with Crippen molar-refractivity contribution in [2.75, 3.05) is 0 Å². The fourth-order valence-electron chi connectivity index (χ4n) is 3.15. The molecule has 0 aromatic heterocycles.